The zero-order valence-electron chi connectivity index (χ0n) is 5.52. The van der Waals surface area contributed by atoms with Crippen molar-refractivity contribution < 1.29 is 28.5 Å². The van der Waals surface area contributed by atoms with Crippen molar-refractivity contribution in [2.24, 2.45) is 0 Å². The maximum atomic E-state index is 9.28. The molecule has 0 atom stereocenters. The summed E-state index contributed by atoms with van der Waals surface area (Å²) in [5.74, 6) is 0. The minimum absolute atomic E-state index is 0.583. The van der Waals surface area contributed by atoms with E-state index in [9.17, 15) is 4.79 Å². The molecular weight excluding hydrogens is 152 g/mol. The zero-order chi connectivity index (χ0) is 8.12. The normalized spacial score (nSPS) is 5.22. The average Bonchev–Trinajstić information content (AvgIpc) is 1.98. The van der Waals surface area contributed by atoms with E-state index in [-0.39, 0.29) is 0 Å². The van der Waals surface area contributed by atoms with Crippen LogP contribution in [0.3, 0.4) is 0 Å². The molecule has 0 spiro atoms. The van der Waals surface area contributed by atoms with Crippen molar-refractivity contribution in [2.45, 2.75) is 19.8 Å². The first-order valence-corrected chi connectivity index (χ1v) is 3.01. The summed E-state index contributed by atoms with van der Waals surface area (Å²) in [7, 11) is 0. The molecule has 0 N–H and O–H groups in total. The molecular formula is C6H10O2Ti. The summed E-state index contributed by atoms with van der Waals surface area (Å²) < 4.78 is 8.25. The molecule has 0 aliphatic carbocycles. The molecule has 50 valence electrons. The van der Waals surface area contributed by atoms with Crippen LogP contribution in [0.5, 0.6) is 0 Å². The SMILES string of the molecule is CCC[C-]=O.[CH-]=C.[O]=[Ti+2]. The maximum absolute atomic E-state index is 9.28. The van der Waals surface area contributed by atoms with Crippen LogP contribution in [0.4, 0.5) is 0 Å². The number of hydrogen-bond acceptors (Lipinski definition) is 2. The Kier molecular flexibility index (Phi) is 78.8. The van der Waals surface area contributed by atoms with Crippen LogP contribution in [0, 0.1) is 6.58 Å². The monoisotopic (exact) mass is 162 g/mol. The van der Waals surface area contributed by atoms with Crippen molar-refractivity contribution in [3.63, 3.8) is 0 Å². The Morgan fingerprint density at radius 3 is 1.89 bits per heavy atom. The van der Waals surface area contributed by atoms with Gasteiger partial charge in [0.1, 0.15) is 0 Å². The third-order valence-electron chi connectivity index (χ3n) is 0.352. The van der Waals surface area contributed by atoms with E-state index in [1.807, 2.05) is 6.92 Å². The Bertz CT molecular complexity index is 46.3. The van der Waals surface area contributed by atoms with Crippen LogP contribution < -0.4 is 0 Å². The third-order valence-corrected chi connectivity index (χ3v) is 0.352. The fraction of sp³-hybridized carbons (Fsp3) is 0.500. The zero-order valence-corrected chi connectivity index (χ0v) is 7.08. The van der Waals surface area contributed by atoms with Gasteiger partial charge < -0.3 is 11.4 Å². The molecule has 0 saturated heterocycles. The first-order valence-electron chi connectivity index (χ1n) is 2.38. The van der Waals surface area contributed by atoms with Crippen molar-refractivity contribution in [2.75, 3.05) is 0 Å². The fourth-order valence-electron chi connectivity index (χ4n) is 0.102. The molecule has 0 heterocycles. The predicted octanol–water partition coefficient (Wildman–Crippen LogP) is 1.38. The van der Waals surface area contributed by atoms with Gasteiger partial charge in [-0.25, -0.2) is 0 Å². The van der Waals surface area contributed by atoms with Gasteiger partial charge in [0.15, 0.2) is 0 Å². The summed E-state index contributed by atoms with van der Waals surface area (Å²) in [5.41, 5.74) is 0. The fourth-order valence-corrected chi connectivity index (χ4v) is 0.102. The second-order valence-corrected chi connectivity index (χ2v) is 0.894. The third kappa shape index (κ3) is 75.1. The van der Waals surface area contributed by atoms with Crippen LogP contribution in [0.2, 0.25) is 0 Å². The van der Waals surface area contributed by atoms with Gasteiger partial charge in [0.05, 0.1) is 0 Å². The van der Waals surface area contributed by atoms with Gasteiger partial charge in [-0.3, -0.25) is 12.9 Å². The van der Waals surface area contributed by atoms with Crippen molar-refractivity contribution in [3.05, 3.63) is 13.2 Å². The Morgan fingerprint density at radius 2 is 1.89 bits per heavy atom. The molecule has 3 heteroatoms. The number of carbonyl (C=O) groups excluding carboxylic acids is 1. The van der Waals surface area contributed by atoms with Crippen molar-refractivity contribution >= 4 is 6.29 Å². The first-order chi connectivity index (χ1) is 4.41. The number of unbranched alkanes of at least 4 members (excludes halogenated alkanes) is 1. The van der Waals surface area contributed by atoms with Gasteiger partial charge in [-0.15, -0.1) is 0 Å². The van der Waals surface area contributed by atoms with E-state index in [4.69, 9.17) is 3.32 Å². The molecule has 0 aromatic heterocycles. The first kappa shape index (κ1) is 16.0. The Hall–Kier alpha value is -0.0757. The van der Waals surface area contributed by atoms with E-state index in [1.54, 1.807) is 6.29 Å². The van der Waals surface area contributed by atoms with E-state index < -0.39 is 0 Å². The molecule has 0 aromatic carbocycles. The summed E-state index contributed by atoms with van der Waals surface area (Å²) in [6, 6.07) is 0. The van der Waals surface area contributed by atoms with Crippen LogP contribution in [0.15, 0.2) is 6.58 Å². The summed E-state index contributed by atoms with van der Waals surface area (Å²) >= 11 is 0.750. The molecule has 0 saturated carbocycles. The number of hydrogen-bond donors (Lipinski definition) is 0. The minimum atomic E-state index is 0.583. The van der Waals surface area contributed by atoms with Gasteiger partial charge >= 0.3 is 23.7 Å². The Morgan fingerprint density at radius 1 is 1.56 bits per heavy atom. The van der Waals surface area contributed by atoms with Crippen LogP contribution in [0.25, 0.3) is 0 Å². The Balaban J connectivity index is -0.0000000771. The van der Waals surface area contributed by atoms with Gasteiger partial charge in [-0.1, -0.05) is 13.3 Å². The molecule has 0 fully saturated rings. The summed E-state index contributed by atoms with van der Waals surface area (Å²) in [5, 5.41) is 0. The van der Waals surface area contributed by atoms with Crippen molar-refractivity contribution in [3.8, 4) is 0 Å². The quantitative estimate of drug-likeness (QED) is 0.454. The Labute approximate surface area is 68.1 Å². The van der Waals surface area contributed by atoms with Gasteiger partial charge in [0, 0.05) is 0 Å². The van der Waals surface area contributed by atoms with E-state index >= 15 is 0 Å². The molecule has 9 heavy (non-hydrogen) atoms. The topological polar surface area (TPSA) is 34.1 Å². The van der Waals surface area contributed by atoms with E-state index in [1.165, 1.54) is 0 Å². The molecule has 0 unspecified atom stereocenters. The summed E-state index contributed by atoms with van der Waals surface area (Å²) in [6.07, 6.45) is 3.27. The standard InChI is InChI=1S/C4H7O.C2H3.O.Ti/c1-2-3-4-5;1-2;;/h2-3H2,1H3;1H,2H2;;/q2*-1;;+2. The predicted molar refractivity (Wildman–Crippen MR) is 31.2 cm³/mol. The molecule has 0 radical (unpaired) electrons. The molecule has 0 amide bonds. The van der Waals surface area contributed by atoms with E-state index in [0.29, 0.717) is 6.42 Å². The van der Waals surface area contributed by atoms with Crippen molar-refractivity contribution in [1.29, 1.82) is 0 Å². The molecule has 0 bridgehead atoms. The second-order valence-electron chi connectivity index (χ2n) is 0.894. The van der Waals surface area contributed by atoms with Crippen LogP contribution in [-0.4, -0.2) is 6.29 Å². The molecule has 0 aliphatic rings. The molecule has 2 nitrogen and oxygen atoms in total. The van der Waals surface area contributed by atoms with E-state index in [2.05, 4.69) is 13.2 Å². The average molecular weight is 162 g/mol. The van der Waals surface area contributed by atoms with Crippen LogP contribution >= 0.6 is 0 Å². The summed E-state index contributed by atoms with van der Waals surface area (Å²) in [4.78, 5) is 9.28. The van der Waals surface area contributed by atoms with Gasteiger partial charge in [0.25, 0.3) is 0 Å². The van der Waals surface area contributed by atoms with Gasteiger partial charge in [0.2, 0.25) is 0 Å². The molecule has 0 rings (SSSR count). The molecule has 0 aromatic rings. The second kappa shape index (κ2) is 44.4. The number of rotatable bonds is 2. The van der Waals surface area contributed by atoms with Crippen LogP contribution in [-0.2, 0) is 28.5 Å². The van der Waals surface area contributed by atoms with Crippen LogP contribution in [0.1, 0.15) is 19.8 Å². The van der Waals surface area contributed by atoms with Crippen molar-refractivity contribution in [1.82, 2.24) is 0 Å². The molecule has 0 aliphatic heterocycles. The van der Waals surface area contributed by atoms with Gasteiger partial charge in [-0.2, -0.15) is 6.42 Å². The summed E-state index contributed by atoms with van der Waals surface area (Å²) in [6.45, 7) is 8.95. The van der Waals surface area contributed by atoms with Gasteiger partial charge in [-0.05, 0) is 0 Å². The van der Waals surface area contributed by atoms with E-state index in [0.717, 1.165) is 26.8 Å².